The zero-order chi connectivity index (χ0) is 10.2. The van der Waals surface area contributed by atoms with Gasteiger partial charge in [0, 0.05) is 22.4 Å². The summed E-state index contributed by atoms with van der Waals surface area (Å²) in [6, 6.07) is 0. The summed E-state index contributed by atoms with van der Waals surface area (Å²) >= 11 is 1.85. The van der Waals surface area contributed by atoms with Crippen molar-refractivity contribution in [1.29, 1.82) is 0 Å². The van der Waals surface area contributed by atoms with Crippen LogP contribution in [0.1, 0.15) is 53.1 Å². The summed E-state index contributed by atoms with van der Waals surface area (Å²) in [5.74, 6) is 1.60. The Morgan fingerprint density at radius 2 is 2.07 bits per heavy atom. The van der Waals surface area contributed by atoms with Crippen molar-refractivity contribution < 1.29 is 0 Å². The van der Waals surface area contributed by atoms with Crippen molar-refractivity contribution in [3.8, 4) is 0 Å². The number of rotatable bonds is 0. The van der Waals surface area contributed by atoms with E-state index in [9.17, 15) is 0 Å². The summed E-state index contributed by atoms with van der Waals surface area (Å²) in [7, 11) is 0. The van der Waals surface area contributed by atoms with Gasteiger partial charge in [0.1, 0.15) is 0 Å². The Hall–Kier alpha value is -0.830. The molecule has 0 saturated heterocycles. The highest BCUT2D eigenvalue weighted by molar-refractivity contribution is 7.17. The molecule has 2 atom stereocenters. The Balaban J connectivity index is 2.13. The molecule has 2 aliphatic carbocycles. The molecule has 1 saturated carbocycles. The van der Waals surface area contributed by atoms with Gasteiger partial charge in [-0.25, -0.2) is 4.98 Å². The van der Waals surface area contributed by atoms with E-state index in [1.54, 1.807) is 5.69 Å². The van der Waals surface area contributed by atoms with E-state index in [2.05, 4.69) is 18.2 Å². The highest BCUT2D eigenvalue weighted by atomic mass is 32.1. The first-order valence-corrected chi connectivity index (χ1v) is 6.55. The third-order valence-electron chi connectivity index (χ3n) is 4.21. The Bertz CT molecular complexity index is 564. The SMILES string of the molecule is Cc1sc2nc3c(n2c1C)C1CCC3C1. The summed E-state index contributed by atoms with van der Waals surface area (Å²) in [6.07, 6.45) is 4.13. The van der Waals surface area contributed by atoms with Crippen molar-refractivity contribution in [1.82, 2.24) is 9.38 Å². The smallest absolute Gasteiger partial charge is 0.194 e. The molecule has 2 nitrogen and oxygen atoms in total. The van der Waals surface area contributed by atoms with Gasteiger partial charge in [-0.15, -0.1) is 11.3 Å². The fourth-order valence-electron chi connectivity index (χ4n) is 3.36. The molecule has 3 heteroatoms. The van der Waals surface area contributed by atoms with Crippen LogP contribution in [0, 0.1) is 13.8 Å². The number of imidazole rings is 1. The number of nitrogens with zero attached hydrogens (tertiary/aromatic N) is 2. The second-order valence-corrected chi connectivity index (χ2v) is 6.13. The van der Waals surface area contributed by atoms with E-state index in [-0.39, 0.29) is 0 Å². The van der Waals surface area contributed by atoms with Gasteiger partial charge in [0.25, 0.3) is 0 Å². The van der Waals surface area contributed by atoms with Crippen LogP contribution in [0.15, 0.2) is 0 Å². The Labute approximate surface area is 93.0 Å². The Morgan fingerprint density at radius 1 is 1.27 bits per heavy atom. The molecule has 0 spiro atoms. The van der Waals surface area contributed by atoms with Crippen LogP contribution in [0.25, 0.3) is 4.96 Å². The first-order chi connectivity index (χ1) is 7.25. The molecular formula is C12H14N2S. The molecule has 0 radical (unpaired) electrons. The van der Waals surface area contributed by atoms with Gasteiger partial charge >= 0.3 is 0 Å². The van der Waals surface area contributed by atoms with E-state index in [1.807, 2.05) is 11.3 Å². The van der Waals surface area contributed by atoms with E-state index >= 15 is 0 Å². The van der Waals surface area contributed by atoms with Crippen LogP contribution >= 0.6 is 11.3 Å². The number of aromatic nitrogens is 2. The van der Waals surface area contributed by atoms with Crippen molar-refractivity contribution in [3.63, 3.8) is 0 Å². The van der Waals surface area contributed by atoms with Gasteiger partial charge in [0.2, 0.25) is 0 Å². The van der Waals surface area contributed by atoms with E-state index < -0.39 is 0 Å². The number of thiazole rings is 1. The van der Waals surface area contributed by atoms with Gasteiger partial charge < -0.3 is 0 Å². The van der Waals surface area contributed by atoms with Crippen molar-refractivity contribution in [2.24, 2.45) is 0 Å². The lowest BCUT2D eigenvalue weighted by molar-refractivity contribution is 0.687. The molecule has 15 heavy (non-hydrogen) atoms. The fraction of sp³-hybridized carbons (Fsp3) is 0.583. The first-order valence-electron chi connectivity index (χ1n) is 5.74. The summed E-state index contributed by atoms with van der Waals surface area (Å²) in [4.78, 5) is 7.49. The molecule has 78 valence electrons. The van der Waals surface area contributed by atoms with Crippen molar-refractivity contribution in [3.05, 3.63) is 22.0 Å². The van der Waals surface area contributed by atoms with Crippen LogP contribution in [-0.2, 0) is 0 Å². The van der Waals surface area contributed by atoms with E-state index in [0.29, 0.717) is 0 Å². The maximum absolute atomic E-state index is 4.84. The third-order valence-corrected chi connectivity index (χ3v) is 5.26. The highest BCUT2D eigenvalue weighted by Crippen LogP contribution is 2.53. The second-order valence-electron chi connectivity index (χ2n) is 4.95. The fourth-order valence-corrected chi connectivity index (χ4v) is 4.34. The topological polar surface area (TPSA) is 17.3 Å². The number of hydrogen-bond donors (Lipinski definition) is 0. The number of fused-ring (bicyclic) bond motifs is 7. The van der Waals surface area contributed by atoms with E-state index in [0.717, 1.165) is 11.8 Å². The lowest BCUT2D eigenvalue weighted by Gasteiger charge is -2.10. The van der Waals surface area contributed by atoms with Gasteiger partial charge in [0.15, 0.2) is 4.96 Å². The molecule has 2 aromatic rings. The maximum atomic E-state index is 4.84. The van der Waals surface area contributed by atoms with Crippen LogP contribution < -0.4 is 0 Å². The van der Waals surface area contributed by atoms with Gasteiger partial charge in [-0.05, 0) is 33.1 Å². The largest absolute Gasteiger partial charge is 0.291 e. The minimum atomic E-state index is 0.789. The van der Waals surface area contributed by atoms with Gasteiger partial charge in [-0.1, -0.05) is 0 Å². The van der Waals surface area contributed by atoms with Gasteiger partial charge in [0.05, 0.1) is 11.4 Å². The molecule has 0 aromatic carbocycles. The predicted molar refractivity (Wildman–Crippen MR) is 61.9 cm³/mol. The maximum Gasteiger partial charge on any atom is 0.194 e. The standard InChI is InChI=1S/C12H14N2S/c1-6-7(2)15-12-13-10-8-3-4-9(5-8)11(10)14(6)12/h8-9H,3-5H2,1-2H3. The molecule has 1 fully saturated rings. The molecule has 2 heterocycles. The molecule has 0 N–H and O–H groups in total. The summed E-state index contributed by atoms with van der Waals surface area (Å²) in [6.45, 7) is 4.43. The average Bonchev–Trinajstić information content (AvgIpc) is 2.87. The zero-order valence-corrected chi connectivity index (χ0v) is 9.90. The molecule has 0 aliphatic heterocycles. The minimum Gasteiger partial charge on any atom is -0.291 e. The molecule has 4 rings (SSSR count). The normalized spacial score (nSPS) is 27.9. The van der Waals surface area contributed by atoms with Crippen molar-refractivity contribution in [2.45, 2.75) is 44.9 Å². The molecule has 2 aliphatic rings. The Morgan fingerprint density at radius 3 is 2.93 bits per heavy atom. The second kappa shape index (κ2) is 2.46. The lowest BCUT2D eigenvalue weighted by Crippen LogP contribution is -2.00. The lowest BCUT2D eigenvalue weighted by atomic mass is 10.0. The van der Waals surface area contributed by atoms with Crippen LogP contribution in [0.3, 0.4) is 0 Å². The van der Waals surface area contributed by atoms with Crippen LogP contribution in [0.4, 0.5) is 0 Å². The van der Waals surface area contributed by atoms with Gasteiger partial charge in [-0.2, -0.15) is 0 Å². The summed E-state index contributed by atoms with van der Waals surface area (Å²) < 4.78 is 2.43. The molecule has 2 unspecified atom stereocenters. The Kier molecular flexibility index (Phi) is 1.37. The predicted octanol–water partition coefficient (Wildman–Crippen LogP) is 3.38. The van der Waals surface area contributed by atoms with E-state index in [1.165, 1.54) is 40.5 Å². The van der Waals surface area contributed by atoms with Crippen molar-refractivity contribution >= 4 is 16.3 Å². The van der Waals surface area contributed by atoms with Crippen LogP contribution in [0.2, 0.25) is 0 Å². The molecule has 2 bridgehead atoms. The summed E-state index contributed by atoms with van der Waals surface area (Å²) in [5.41, 5.74) is 4.40. The zero-order valence-electron chi connectivity index (χ0n) is 9.08. The number of aryl methyl sites for hydroxylation is 2. The third kappa shape index (κ3) is 0.842. The minimum absolute atomic E-state index is 0.789. The van der Waals surface area contributed by atoms with Crippen molar-refractivity contribution in [2.75, 3.05) is 0 Å². The first kappa shape index (κ1) is 8.34. The van der Waals surface area contributed by atoms with Gasteiger partial charge in [-0.3, -0.25) is 4.40 Å². The highest BCUT2D eigenvalue weighted by Gasteiger charge is 2.41. The average molecular weight is 218 g/mol. The molecular weight excluding hydrogens is 204 g/mol. The quantitative estimate of drug-likeness (QED) is 0.662. The molecule has 2 aromatic heterocycles. The van der Waals surface area contributed by atoms with Crippen LogP contribution in [-0.4, -0.2) is 9.38 Å². The molecule has 0 amide bonds. The summed E-state index contributed by atoms with van der Waals surface area (Å²) in [5, 5.41) is 0. The van der Waals surface area contributed by atoms with Crippen LogP contribution in [0.5, 0.6) is 0 Å². The number of hydrogen-bond acceptors (Lipinski definition) is 2. The van der Waals surface area contributed by atoms with E-state index in [4.69, 9.17) is 4.98 Å². The monoisotopic (exact) mass is 218 g/mol.